The highest BCUT2D eigenvalue weighted by Crippen LogP contribution is 2.38. The molecule has 1 aromatic carbocycles. The van der Waals surface area contributed by atoms with Crippen LogP contribution < -0.4 is 0 Å². The maximum atomic E-state index is 14.1. The maximum Gasteiger partial charge on any atom is 0.416 e. The van der Waals surface area contributed by atoms with E-state index in [1.54, 1.807) is 0 Å². The van der Waals surface area contributed by atoms with Crippen molar-refractivity contribution in [2.75, 3.05) is 26.2 Å². The Bertz CT molecular complexity index is 1260. The van der Waals surface area contributed by atoms with Gasteiger partial charge in [0.1, 0.15) is 11.5 Å². The number of nitrogens with zero attached hydrogens (tertiary/aromatic N) is 5. The van der Waals surface area contributed by atoms with Gasteiger partial charge in [0.2, 0.25) is 11.7 Å². The number of aliphatic hydroxyl groups is 1. The van der Waals surface area contributed by atoms with Gasteiger partial charge in [-0.3, -0.25) is 0 Å². The van der Waals surface area contributed by atoms with E-state index in [-0.39, 0.29) is 55.5 Å². The lowest BCUT2D eigenvalue weighted by Gasteiger charge is -2.43. The van der Waals surface area contributed by atoms with Gasteiger partial charge in [-0.05, 0) is 24.1 Å². The predicted molar refractivity (Wildman–Crippen MR) is 114 cm³/mol. The fourth-order valence-corrected chi connectivity index (χ4v) is 4.51. The quantitative estimate of drug-likeness (QED) is 0.540. The Morgan fingerprint density at radius 1 is 1.03 bits per heavy atom. The Balaban J connectivity index is 1.42. The molecule has 0 saturated carbocycles. The van der Waals surface area contributed by atoms with Crippen LogP contribution in [0.3, 0.4) is 0 Å². The molecule has 2 aromatic heterocycles. The van der Waals surface area contributed by atoms with Crippen LogP contribution in [0.15, 0.2) is 41.1 Å². The first kappa shape index (κ1) is 24.1. The first-order chi connectivity index (χ1) is 17.1. The van der Waals surface area contributed by atoms with Gasteiger partial charge in [0.05, 0.1) is 36.9 Å². The third kappa shape index (κ3) is 4.74. The lowest BCUT2D eigenvalue weighted by Crippen LogP contribution is -2.59. The highest BCUT2D eigenvalue weighted by atomic mass is 19.4. The van der Waals surface area contributed by atoms with Gasteiger partial charge in [-0.25, -0.2) is 18.6 Å². The highest BCUT2D eigenvalue weighted by molar-refractivity contribution is 5.75. The van der Waals surface area contributed by atoms with E-state index in [9.17, 15) is 31.9 Å². The van der Waals surface area contributed by atoms with Crippen LogP contribution in [0.5, 0.6) is 0 Å². The molecular formula is C23H20F5N5O3. The van der Waals surface area contributed by atoms with Crippen LogP contribution in [0.2, 0.25) is 0 Å². The highest BCUT2D eigenvalue weighted by Gasteiger charge is 2.39. The average molecular weight is 509 g/mol. The monoisotopic (exact) mass is 509 g/mol. The minimum Gasteiger partial charge on any atom is -0.389 e. The molecule has 2 fully saturated rings. The summed E-state index contributed by atoms with van der Waals surface area (Å²) in [5, 5.41) is 13.3. The number of likely N-dealkylation sites (tertiary alicyclic amines) is 2. The maximum absolute atomic E-state index is 14.1. The Morgan fingerprint density at radius 2 is 1.69 bits per heavy atom. The van der Waals surface area contributed by atoms with Crippen molar-refractivity contribution in [1.82, 2.24) is 24.9 Å². The molecule has 1 N–H and O–H groups in total. The molecule has 2 amide bonds. The summed E-state index contributed by atoms with van der Waals surface area (Å²) in [5.41, 5.74) is -0.486. The Kier molecular flexibility index (Phi) is 6.10. The Morgan fingerprint density at radius 3 is 2.33 bits per heavy atom. The molecule has 0 bridgehead atoms. The van der Waals surface area contributed by atoms with Gasteiger partial charge < -0.3 is 19.4 Å². The van der Waals surface area contributed by atoms with E-state index in [0.29, 0.717) is 18.1 Å². The fraction of sp³-hybridized carbons (Fsp3) is 0.391. The second-order valence-corrected chi connectivity index (χ2v) is 8.94. The molecule has 2 aliphatic rings. The number of β-amino-alcohol motifs (C(OH)–C–C–N with tert-alkyl or cyclic N) is 1. The molecular weight excluding hydrogens is 489 g/mol. The molecule has 0 radical (unpaired) electrons. The number of halogens is 5. The van der Waals surface area contributed by atoms with Gasteiger partial charge >= 0.3 is 12.2 Å². The molecule has 2 aliphatic heterocycles. The van der Waals surface area contributed by atoms with E-state index in [1.165, 1.54) is 21.9 Å². The van der Waals surface area contributed by atoms with E-state index in [1.807, 2.05) is 0 Å². The van der Waals surface area contributed by atoms with Gasteiger partial charge in [-0.15, -0.1) is 0 Å². The molecule has 2 unspecified atom stereocenters. The van der Waals surface area contributed by atoms with Gasteiger partial charge in [0, 0.05) is 25.1 Å². The predicted octanol–water partition coefficient (Wildman–Crippen LogP) is 3.80. The van der Waals surface area contributed by atoms with E-state index in [2.05, 4.69) is 15.1 Å². The zero-order valence-corrected chi connectivity index (χ0v) is 18.6. The summed E-state index contributed by atoms with van der Waals surface area (Å²) in [6, 6.07) is 5.05. The molecule has 2 saturated heterocycles. The fourth-order valence-electron chi connectivity index (χ4n) is 4.51. The lowest BCUT2D eigenvalue weighted by molar-refractivity contribution is -0.137. The largest absolute Gasteiger partial charge is 0.416 e. The van der Waals surface area contributed by atoms with Gasteiger partial charge in [0.15, 0.2) is 5.82 Å². The lowest BCUT2D eigenvalue weighted by atomic mass is 9.84. The summed E-state index contributed by atoms with van der Waals surface area (Å²) in [6.07, 6.45) is -3.88. The van der Waals surface area contributed by atoms with Crippen LogP contribution in [-0.2, 0) is 6.18 Å². The number of piperidine rings is 1. The third-order valence-electron chi connectivity index (χ3n) is 6.37. The van der Waals surface area contributed by atoms with Crippen molar-refractivity contribution >= 4 is 6.03 Å². The summed E-state index contributed by atoms with van der Waals surface area (Å²) in [7, 11) is 0. The van der Waals surface area contributed by atoms with Crippen LogP contribution in [0, 0.1) is 11.6 Å². The number of carbonyl (C=O) groups excluding carboxylic acids is 1. The van der Waals surface area contributed by atoms with E-state index >= 15 is 0 Å². The van der Waals surface area contributed by atoms with Crippen LogP contribution in [0.25, 0.3) is 11.5 Å². The van der Waals surface area contributed by atoms with E-state index < -0.39 is 35.4 Å². The SMILES string of the molecule is O=C(N1CC(O)C1)N1CC(c2ccc(C(F)(F)F)cc2)CC(c2nc(-c3ncc(F)cc3F)no2)C1. The van der Waals surface area contributed by atoms with Crippen LogP contribution in [0.4, 0.5) is 26.7 Å². The summed E-state index contributed by atoms with van der Waals surface area (Å²) < 4.78 is 71.7. The number of alkyl halides is 3. The second-order valence-electron chi connectivity index (χ2n) is 8.94. The number of carbonyl (C=O) groups is 1. The molecule has 13 heteroatoms. The van der Waals surface area contributed by atoms with Crippen molar-refractivity contribution in [3.8, 4) is 11.5 Å². The molecule has 36 heavy (non-hydrogen) atoms. The van der Waals surface area contributed by atoms with Crippen molar-refractivity contribution in [2.45, 2.75) is 30.5 Å². The third-order valence-corrected chi connectivity index (χ3v) is 6.37. The second kappa shape index (κ2) is 9.12. The van der Waals surface area contributed by atoms with Crippen molar-refractivity contribution in [1.29, 1.82) is 0 Å². The average Bonchev–Trinajstić information content (AvgIpc) is 3.31. The van der Waals surface area contributed by atoms with Crippen LogP contribution >= 0.6 is 0 Å². The number of aliphatic hydroxyl groups excluding tert-OH is 1. The molecule has 2 atom stereocenters. The van der Waals surface area contributed by atoms with Crippen LogP contribution in [-0.4, -0.2) is 68.3 Å². The van der Waals surface area contributed by atoms with Crippen molar-refractivity contribution in [3.63, 3.8) is 0 Å². The summed E-state index contributed by atoms with van der Waals surface area (Å²) >= 11 is 0. The number of rotatable bonds is 3. The van der Waals surface area contributed by atoms with E-state index in [4.69, 9.17) is 4.52 Å². The molecule has 0 aliphatic carbocycles. The number of urea groups is 1. The van der Waals surface area contributed by atoms with Gasteiger partial charge in [-0.2, -0.15) is 18.2 Å². The summed E-state index contributed by atoms with van der Waals surface area (Å²) in [4.78, 5) is 23.9. The number of hydrogen-bond donors (Lipinski definition) is 1. The number of aromatic nitrogens is 3. The molecule has 8 nitrogen and oxygen atoms in total. The smallest absolute Gasteiger partial charge is 0.389 e. The van der Waals surface area contributed by atoms with Gasteiger partial charge in [-0.1, -0.05) is 17.3 Å². The van der Waals surface area contributed by atoms with Crippen molar-refractivity contribution in [3.05, 3.63) is 65.2 Å². The van der Waals surface area contributed by atoms with Crippen molar-refractivity contribution < 1.29 is 36.4 Å². The Labute approximate surface area is 201 Å². The first-order valence-electron chi connectivity index (χ1n) is 11.1. The summed E-state index contributed by atoms with van der Waals surface area (Å²) in [6.45, 7) is 0.780. The number of hydrogen-bond acceptors (Lipinski definition) is 6. The van der Waals surface area contributed by atoms with Crippen LogP contribution in [0.1, 0.15) is 35.3 Å². The van der Waals surface area contributed by atoms with Gasteiger partial charge in [0.25, 0.3) is 0 Å². The molecule has 190 valence electrons. The van der Waals surface area contributed by atoms with E-state index in [0.717, 1.165) is 18.3 Å². The Hall–Kier alpha value is -3.61. The molecule has 0 spiro atoms. The van der Waals surface area contributed by atoms with Crippen molar-refractivity contribution in [2.24, 2.45) is 0 Å². The standard InChI is InChI=1S/C23H20F5N5O3/c24-16-6-18(25)19(29-7-16)20-30-21(36-31-20)14-5-13(12-1-3-15(4-2-12)23(26,27)28)8-32(9-14)22(35)33-10-17(34)11-33/h1-4,6-7,13-14,17,34H,5,8-11H2. The minimum absolute atomic E-state index is 0.0913. The normalized spacial score (nSPS) is 20.9. The first-order valence-corrected chi connectivity index (χ1v) is 11.1. The molecule has 5 rings (SSSR count). The number of amides is 2. The topological polar surface area (TPSA) is 95.6 Å². The molecule has 3 aromatic rings. The zero-order chi connectivity index (χ0) is 25.6. The number of benzene rings is 1. The molecule has 4 heterocycles. The zero-order valence-electron chi connectivity index (χ0n) is 18.6. The minimum atomic E-state index is -4.47. The number of pyridine rings is 1. The summed E-state index contributed by atoms with van der Waals surface area (Å²) in [5.74, 6) is -2.79.